The minimum atomic E-state index is -0.542. The topological polar surface area (TPSA) is 75.0 Å². The zero-order chi connectivity index (χ0) is 25.7. The quantitative estimate of drug-likeness (QED) is 0.261. The van der Waals surface area contributed by atoms with E-state index in [1.54, 1.807) is 19.1 Å². The summed E-state index contributed by atoms with van der Waals surface area (Å²) in [7, 11) is 1.53. The molecule has 1 atom stereocenters. The van der Waals surface area contributed by atoms with E-state index in [4.69, 9.17) is 21.3 Å². The lowest BCUT2D eigenvalue weighted by molar-refractivity contribution is -0.115. The molecule has 36 heavy (non-hydrogen) atoms. The summed E-state index contributed by atoms with van der Waals surface area (Å²) in [6.45, 7) is 3.65. The highest BCUT2D eigenvalue weighted by molar-refractivity contribution is 8.00. The third-order valence-corrected chi connectivity index (χ3v) is 7.14. The number of carbonyl (C=O) groups excluding carboxylic acids is 1. The second-order valence-electron chi connectivity index (χ2n) is 8.13. The molecule has 180 valence electrons. The Hall–Kier alpha value is -3.79. The van der Waals surface area contributed by atoms with Crippen molar-refractivity contribution in [3.05, 3.63) is 95.0 Å². The van der Waals surface area contributed by atoms with Gasteiger partial charge in [0.15, 0.2) is 0 Å². The van der Waals surface area contributed by atoms with Gasteiger partial charge in [0.1, 0.15) is 16.8 Å². The van der Waals surface area contributed by atoms with Crippen LogP contribution in [0.4, 0.5) is 5.69 Å². The van der Waals surface area contributed by atoms with Gasteiger partial charge in [-0.2, -0.15) is 5.26 Å². The number of thioether (sulfide) groups is 1. The summed E-state index contributed by atoms with van der Waals surface area (Å²) in [5.74, 6) is 0.238. The van der Waals surface area contributed by atoms with E-state index in [0.717, 1.165) is 27.9 Å². The first kappa shape index (κ1) is 25.3. The van der Waals surface area contributed by atoms with E-state index in [-0.39, 0.29) is 5.91 Å². The molecule has 1 N–H and O–H groups in total. The number of halogens is 1. The number of aryl methyl sites for hydroxylation is 1. The molecule has 0 radical (unpaired) electrons. The summed E-state index contributed by atoms with van der Waals surface area (Å²) in [5, 5.41) is 13.5. The molecule has 0 aliphatic heterocycles. The standard InChI is InChI=1S/C29H24ClN3O2S/c1-18-14-26(27(35-3)16-24(18)30)32-28(34)19(2)36-29-23(17-31)22(20-10-6-4-7-11-20)15-25(33-29)21-12-8-5-9-13-21/h4-16,19H,1-3H3,(H,32,34). The zero-order valence-electron chi connectivity index (χ0n) is 20.1. The Morgan fingerprint density at radius 2 is 1.69 bits per heavy atom. The van der Waals surface area contributed by atoms with Gasteiger partial charge in [-0.15, -0.1) is 0 Å². The molecule has 1 heterocycles. The lowest BCUT2D eigenvalue weighted by Gasteiger charge is -2.17. The van der Waals surface area contributed by atoms with Crippen LogP contribution in [0.2, 0.25) is 5.02 Å². The van der Waals surface area contributed by atoms with E-state index in [1.807, 2.05) is 73.7 Å². The number of nitrogens with zero attached hydrogens (tertiary/aromatic N) is 2. The van der Waals surface area contributed by atoms with Gasteiger partial charge in [0, 0.05) is 22.2 Å². The first-order valence-electron chi connectivity index (χ1n) is 11.3. The summed E-state index contributed by atoms with van der Waals surface area (Å²) in [5.41, 5.74) is 5.15. The molecule has 0 aliphatic rings. The molecule has 7 heteroatoms. The number of pyridine rings is 1. The normalized spacial score (nSPS) is 11.4. The maximum absolute atomic E-state index is 13.2. The van der Waals surface area contributed by atoms with Gasteiger partial charge in [0.25, 0.3) is 0 Å². The Morgan fingerprint density at radius 3 is 2.31 bits per heavy atom. The lowest BCUT2D eigenvalue weighted by atomic mass is 9.99. The Kier molecular flexibility index (Phi) is 7.94. The Labute approximate surface area is 220 Å². The predicted molar refractivity (Wildman–Crippen MR) is 147 cm³/mol. The number of rotatable bonds is 7. The fraction of sp³-hybridized carbons (Fsp3) is 0.138. The maximum atomic E-state index is 13.2. The molecule has 3 aromatic carbocycles. The number of anilines is 1. The van der Waals surface area contributed by atoms with Gasteiger partial charge in [-0.3, -0.25) is 4.79 Å². The molecule has 0 saturated heterocycles. The van der Waals surface area contributed by atoms with Crippen LogP contribution in [0.1, 0.15) is 18.1 Å². The summed E-state index contributed by atoms with van der Waals surface area (Å²) < 4.78 is 5.38. The van der Waals surface area contributed by atoms with Gasteiger partial charge in [-0.05, 0) is 37.1 Å². The molecule has 1 unspecified atom stereocenters. The van der Waals surface area contributed by atoms with Crippen molar-refractivity contribution in [2.24, 2.45) is 0 Å². The monoisotopic (exact) mass is 513 g/mol. The molecule has 4 rings (SSSR count). The summed E-state index contributed by atoms with van der Waals surface area (Å²) >= 11 is 7.45. The highest BCUT2D eigenvalue weighted by atomic mass is 35.5. The largest absolute Gasteiger partial charge is 0.495 e. The Balaban J connectivity index is 1.71. The number of amides is 1. The minimum Gasteiger partial charge on any atom is -0.495 e. The summed E-state index contributed by atoms with van der Waals surface area (Å²) in [4.78, 5) is 18.0. The molecule has 1 aromatic heterocycles. The van der Waals surface area contributed by atoms with Gasteiger partial charge < -0.3 is 10.1 Å². The second kappa shape index (κ2) is 11.3. The second-order valence-corrected chi connectivity index (χ2v) is 9.87. The van der Waals surface area contributed by atoms with Gasteiger partial charge in [0.05, 0.1) is 29.3 Å². The molecule has 0 spiro atoms. The average Bonchev–Trinajstić information content (AvgIpc) is 2.91. The van der Waals surface area contributed by atoms with Crippen molar-refractivity contribution in [3.63, 3.8) is 0 Å². The Morgan fingerprint density at radius 1 is 1.06 bits per heavy atom. The van der Waals surface area contributed by atoms with Crippen molar-refractivity contribution in [2.45, 2.75) is 24.1 Å². The molecule has 5 nitrogen and oxygen atoms in total. The number of carbonyl (C=O) groups is 1. The van der Waals surface area contributed by atoms with Crippen LogP contribution in [0.15, 0.2) is 83.9 Å². The summed E-state index contributed by atoms with van der Waals surface area (Å²) in [6, 6.07) is 27.2. The SMILES string of the molecule is COc1cc(Cl)c(C)cc1NC(=O)C(C)Sc1nc(-c2ccccc2)cc(-c2ccccc2)c1C#N. The third kappa shape index (κ3) is 5.54. The van der Waals surface area contributed by atoms with Gasteiger partial charge in [-0.25, -0.2) is 4.98 Å². The van der Waals surface area contributed by atoms with E-state index in [9.17, 15) is 10.1 Å². The van der Waals surface area contributed by atoms with E-state index in [1.165, 1.54) is 18.9 Å². The third-order valence-electron chi connectivity index (χ3n) is 5.65. The minimum absolute atomic E-state index is 0.239. The van der Waals surface area contributed by atoms with Crippen LogP contribution in [-0.4, -0.2) is 23.3 Å². The lowest BCUT2D eigenvalue weighted by Crippen LogP contribution is -2.23. The Bertz CT molecular complexity index is 1440. The van der Waals surface area contributed by atoms with E-state index in [2.05, 4.69) is 11.4 Å². The van der Waals surface area contributed by atoms with Crippen LogP contribution < -0.4 is 10.1 Å². The molecule has 0 saturated carbocycles. The first-order valence-corrected chi connectivity index (χ1v) is 12.5. The highest BCUT2D eigenvalue weighted by Gasteiger charge is 2.22. The number of benzene rings is 3. The average molecular weight is 514 g/mol. The number of nitriles is 1. The van der Waals surface area contributed by atoms with Crippen LogP contribution in [0.5, 0.6) is 5.75 Å². The number of aromatic nitrogens is 1. The van der Waals surface area contributed by atoms with E-state index in [0.29, 0.717) is 27.0 Å². The van der Waals surface area contributed by atoms with Crippen molar-refractivity contribution in [3.8, 4) is 34.2 Å². The highest BCUT2D eigenvalue weighted by Crippen LogP contribution is 2.36. The van der Waals surface area contributed by atoms with Crippen molar-refractivity contribution < 1.29 is 9.53 Å². The number of nitrogens with one attached hydrogen (secondary N) is 1. The van der Waals surface area contributed by atoms with Crippen LogP contribution >= 0.6 is 23.4 Å². The van der Waals surface area contributed by atoms with Gasteiger partial charge in [-0.1, -0.05) is 84.0 Å². The zero-order valence-corrected chi connectivity index (χ0v) is 21.7. The smallest absolute Gasteiger partial charge is 0.237 e. The summed E-state index contributed by atoms with van der Waals surface area (Å²) in [6.07, 6.45) is 0. The molecule has 0 fully saturated rings. The first-order chi connectivity index (χ1) is 17.4. The fourth-order valence-electron chi connectivity index (χ4n) is 3.70. The van der Waals surface area contributed by atoms with Crippen LogP contribution in [-0.2, 0) is 4.79 Å². The van der Waals surface area contributed by atoms with Crippen molar-refractivity contribution in [1.82, 2.24) is 4.98 Å². The van der Waals surface area contributed by atoms with E-state index < -0.39 is 5.25 Å². The van der Waals surface area contributed by atoms with Crippen molar-refractivity contribution in [1.29, 1.82) is 5.26 Å². The molecule has 0 aliphatic carbocycles. The maximum Gasteiger partial charge on any atom is 0.237 e. The molecule has 1 amide bonds. The molecule has 4 aromatic rings. The van der Waals surface area contributed by atoms with Crippen LogP contribution in [0.25, 0.3) is 22.4 Å². The van der Waals surface area contributed by atoms with Crippen molar-refractivity contribution in [2.75, 3.05) is 12.4 Å². The van der Waals surface area contributed by atoms with E-state index >= 15 is 0 Å². The predicted octanol–water partition coefficient (Wildman–Crippen LogP) is 7.38. The van der Waals surface area contributed by atoms with Crippen LogP contribution in [0, 0.1) is 18.3 Å². The number of hydrogen-bond acceptors (Lipinski definition) is 5. The number of ether oxygens (including phenoxy) is 1. The fourth-order valence-corrected chi connectivity index (χ4v) is 4.78. The van der Waals surface area contributed by atoms with Gasteiger partial charge in [0.2, 0.25) is 5.91 Å². The molecular formula is C29H24ClN3O2S. The van der Waals surface area contributed by atoms with Gasteiger partial charge >= 0.3 is 0 Å². The molecule has 0 bridgehead atoms. The number of methoxy groups -OCH3 is 1. The van der Waals surface area contributed by atoms with Crippen LogP contribution in [0.3, 0.4) is 0 Å². The number of hydrogen-bond donors (Lipinski definition) is 1. The molecular weight excluding hydrogens is 490 g/mol. The van der Waals surface area contributed by atoms with Crippen molar-refractivity contribution >= 4 is 35.0 Å².